The molecule has 2 saturated carbocycles. The summed E-state index contributed by atoms with van der Waals surface area (Å²) in [6, 6.07) is 5.15. The summed E-state index contributed by atoms with van der Waals surface area (Å²) in [7, 11) is 0. The van der Waals surface area contributed by atoms with Crippen LogP contribution in [0.1, 0.15) is 32.1 Å². The molecule has 6 heteroatoms. The maximum atomic E-state index is 11.9. The Kier molecular flexibility index (Phi) is 4.04. The highest BCUT2D eigenvalue weighted by molar-refractivity contribution is 5.93. The van der Waals surface area contributed by atoms with Crippen LogP contribution in [0.4, 0.5) is 5.69 Å². The monoisotopic (exact) mass is 331 g/mol. The summed E-state index contributed by atoms with van der Waals surface area (Å²) >= 11 is 0. The average Bonchev–Trinajstić information content (AvgIpc) is 3.28. The van der Waals surface area contributed by atoms with Crippen molar-refractivity contribution in [1.82, 2.24) is 0 Å². The lowest BCUT2D eigenvalue weighted by Crippen LogP contribution is -2.23. The molecule has 0 unspecified atom stereocenters. The third kappa shape index (κ3) is 3.18. The number of amides is 1. The standard InChI is InChI=1S/C18H21NO5/c20-17(19-14-3-4-15-16(8-14)24-10-23-15)9-22-18(21)7-13-6-11-1-2-12(13)5-11/h3-4,8,11-13H,1-2,5-7,9-10H2,(H,19,20)/t11-,12+,13+/m0/s1. The Morgan fingerprint density at radius 3 is 2.83 bits per heavy atom. The second-order valence-corrected chi connectivity index (χ2v) is 6.92. The average molecular weight is 331 g/mol. The van der Waals surface area contributed by atoms with Gasteiger partial charge in [0.05, 0.1) is 0 Å². The molecule has 1 aromatic rings. The van der Waals surface area contributed by atoms with E-state index in [0.29, 0.717) is 35.4 Å². The molecular weight excluding hydrogens is 310 g/mol. The maximum Gasteiger partial charge on any atom is 0.306 e. The molecule has 128 valence electrons. The molecule has 24 heavy (non-hydrogen) atoms. The fourth-order valence-electron chi connectivity index (χ4n) is 4.22. The fourth-order valence-corrected chi connectivity index (χ4v) is 4.22. The van der Waals surface area contributed by atoms with E-state index < -0.39 is 0 Å². The molecule has 0 saturated heterocycles. The Morgan fingerprint density at radius 1 is 1.17 bits per heavy atom. The van der Waals surface area contributed by atoms with Gasteiger partial charge in [0.2, 0.25) is 6.79 Å². The first kappa shape index (κ1) is 15.3. The van der Waals surface area contributed by atoms with Gasteiger partial charge < -0.3 is 19.5 Å². The highest BCUT2D eigenvalue weighted by Crippen LogP contribution is 2.49. The third-order valence-electron chi connectivity index (χ3n) is 5.33. The number of ether oxygens (including phenoxy) is 3. The Morgan fingerprint density at radius 2 is 2.04 bits per heavy atom. The number of anilines is 1. The van der Waals surface area contributed by atoms with Crippen LogP contribution in [0.5, 0.6) is 11.5 Å². The summed E-state index contributed by atoms with van der Waals surface area (Å²) in [6.07, 6.45) is 5.41. The van der Waals surface area contributed by atoms with Crippen molar-refractivity contribution in [2.45, 2.75) is 32.1 Å². The number of benzene rings is 1. The van der Waals surface area contributed by atoms with Gasteiger partial charge in [-0.15, -0.1) is 0 Å². The van der Waals surface area contributed by atoms with E-state index in [2.05, 4.69) is 5.32 Å². The summed E-state index contributed by atoms with van der Waals surface area (Å²) < 4.78 is 15.6. The molecule has 1 aromatic carbocycles. The number of carbonyl (C=O) groups is 2. The van der Waals surface area contributed by atoms with Crippen molar-refractivity contribution in [2.75, 3.05) is 18.7 Å². The molecule has 2 bridgehead atoms. The van der Waals surface area contributed by atoms with Gasteiger partial charge in [-0.3, -0.25) is 9.59 Å². The summed E-state index contributed by atoms with van der Waals surface area (Å²) in [6.45, 7) is -0.0680. The topological polar surface area (TPSA) is 73.9 Å². The van der Waals surface area contributed by atoms with Crippen LogP contribution < -0.4 is 14.8 Å². The Labute approximate surface area is 140 Å². The van der Waals surface area contributed by atoms with Crippen LogP contribution in [-0.4, -0.2) is 25.3 Å². The van der Waals surface area contributed by atoms with Crippen LogP contribution in [0.25, 0.3) is 0 Å². The number of esters is 1. The second kappa shape index (κ2) is 6.34. The third-order valence-corrected chi connectivity index (χ3v) is 5.33. The largest absolute Gasteiger partial charge is 0.456 e. The first-order valence-corrected chi connectivity index (χ1v) is 8.52. The minimum atomic E-state index is -0.352. The van der Waals surface area contributed by atoms with Crippen molar-refractivity contribution in [3.8, 4) is 11.5 Å². The minimum absolute atomic E-state index is 0.188. The van der Waals surface area contributed by atoms with E-state index in [-0.39, 0.29) is 25.3 Å². The quantitative estimate of drug-likeness (QED) is 0.840. The van der Waals surface area contributed by atoms with Gasteiger partial charge >= 0.3 is 5.97 Å². The van der Waals surface area contributed by atoms with Crippen LogP contribution in [0.3, 0.4) is 0 Å². The van der Waals surface area contributed by atoms with Crippen LogP contribution >= 0.6 is 0 Å². The molecule has 3 atom stereocenters. The molecule has 2 aliphatic carbocycles. The van der Waals surface area contributed by atoms with Crippen LogP contribution in [0, 0.1) is 17.8 Å². The lowest BCUT2D eigenvalue weighted by atomic mass is 9.86. The van der Waals surface area contributed by atoms with E-state index in [9.17, 15) is 9.59 Å². The number of rotatable bonds is 5. The molecule has 4 rings (SSSR count). The molecule has 0 aromatic heterocycles. The van der Waals surface area contributed by atoms with Crippen molar-refractivity contribution in [1.29, 1.82) is 0 Å². The normalized spacial score (nSPS) is 26.4. The van der Waals surface area contributed by atoms with Gasteiger partial charge in [-0.2, -0.15) is 0 Å². The van der Waals surface area contributed by atoms with E-state index in [1.54, 1.807) is 18.2 Å². The molecule has 0 spiro atoms. The Bertz CT molecular complexity index is 659. The van der Waals surface area contributed by atoms with Gasteiger partial charge in [-0.1, -0.05) is 6.42 Å². The van der Waals surface area contributed by atoms with Gasteiger partial charge in [-0.25, -0.2) is 0 Å². The molecule has 6 nitrogen and oxygen atoms in total. The number of nitrogens with one attached hydrogen (secondary N) is 1. The first-order chi connectivity index (χ1) is 11.7. The van der Waals surface area contributed by atoms with Gasteiger partial charge in [0, 0.05) is 18.2 Å². The number of carbonyl (C=O) groups excluding carboxylic acids is 2. The lowest BCUT2D eigenvalue weighted by molar-refractivity contribution is -0.148. The van der Waals surface area contributed by atoms with Gasteiger partial charge in [-0.05, 0) is 49.1 Å². The summed E-state index contributed by atoms with van der Waals surface area (Å²) in [4.78, 5) is 23.9. The zero-order valence-electron chi connectivity index (χ0n) is 13.5. The Hall–Kier alpha value is -2.24. The SMILES string of the molecule is O=C(COC(=O)C[C@H]1C[C@H]2CC[C@@H]1C2)Nc1ccc2c(c1)OCO2. The maximum absolute atomic E-state index is 11.9. The summed E-state index contributed by atoms with van der Waals surface area (Å²) in [5, 5.41) is 2.70. The Balaban J connectivity index is 1.22. The van der Waals surface area contributed by atoms with E-state index in [1.807, 2.05) is 0 Å². The molecule has 2 fully saturated rings. The van der Waals surface area contributed by atoms with Crippen molar-refractivity contribution >= 4 is 17.6 Å². The van der Waals surface area contributed by atoms with Crippen molar-refractivity contribution in [2.24, 2.45) is 17.8 Å². The number of fused-ring (bicyclic) bond motifs is 3. The molecule has 1 heterocycles. The molecule has 1 aliphatic heterocycles. The molecule has 1 amide bonds. The highest BCUT2D eigenvalue weighted by Gasteiger charge is 2.40. The molecular formula is C18H21NO5. The number of hydrogen-bond donors (Lipinski definition) is 1. The highest BCUT2D eigenvalue weighted by atomic mass is 16.7. The van der Waals surface area contributed by atoms with Gasteiger partial charge in [0.25, 0.3) is 5.91 Å². The van der Waals surface area contributed by atoms with E-state index >= 15 is 0 Å². The summed E-state index contributed by atoms with van der Waals surface area (Å²) in [5.74, 6) is 2.58. The smallest absolute Gasteiger partial charge is 0.306 e. The zero-order chi connectivity index (χ0) is 16.5. The van der Waals surface area contributed by atoms with Crippen molar-refractivity contribution < 1.29 is 23.8 Å². The number of hydrogen-bond acceptors (Lipinski definition) is 5. The van der Waals surface area contributed by atoms with E-state index in [0.717, 1.165) is 12.3 Å². The van der Waals surface area contributed by atoms with Crippen LogP contribution in [-0.2, 0) is 14.3 Å². The van der Waals surface area contributed by atoms with Gasteiger partial charge in [0.1, 0.15) is 0 Å². The van der Waals surface area contributed by atoms with E-state index in [4.69, 9.17) is 14.2 Å². The minimum Gasteiger partial charge on any atom is -0.456 e. The predicted octanol–water partition coefficient (Wildman–Crippen LogP) is 2.72. The predicted molar refractivity (Wildman–Crippen MR) is 85.7 cm³/mol. The van der Waals surface area contributed by atoms with Gasteiger partial charge in [0.15, 0.2) is 18.1 Å². The second-order valence-electron chi connectivity index (χ2n) is 6.92. The van der Waals surface area contributed by atoms with E-state index in [1.165, 1.54) is 19.3 Å². The lowest BCUT2D eigenvalue weighted by Gasteiger charge is -2.20. The van der Waals surface area contributed by atoms with Crippen molar-refractivity contribution in [3.05, 3.63) is 18.2 Å². The van der Waals surface area contributed by atoms with Crippen LogP contribution in [0.15, 0.2) is 18.2 Å². The first-order valence-electron chi connectivity index (χ1n) is 8.52. The zero-order valence-corrected chi connectivity index (χ0v) is 13.5. The molecule has 0 radical (unpaired) electrons. The molecule has 3 aliphatic rings. The molecule has 1 N–H and O–H groups in total. The van der Waals surface area contributed by atoms with Crippen molar-refractivity contribution in [3.63, 3.8) is 0 Å². The summed E-state index contributed by atoms with van der Waals surface area (Å²) in [5.41, 5.74) is 0.591. The van der Waals surface area contributed by atoms with Crippen LogP contribution in [0.2, 0.25) is 0 Å². The fraction of sp³-hybridized carbons (Fsp3) is 0.556.